The number of imidazole rings is 1. The molecule has 0 amide bonds. The fourth-order valence-electron chi connectivity index (χ4n) is 3.04. The van der Waals surface area contributed by atoms with E-state index in [0.717, 1.165) is 16.7 Å². The molecular weight excluding hydrogens is 413 g/mol. The number of halogens is 2. The molecule has 1 aliphatic rings. The van der Waals surface area contributed by atoms with Gasteiger partial charge >= 0.3 is 0 Å². The number of nitrogens with zero attached hydrogens (tertiary/aromatic N) is 3. The van der Waals surface area contributed by atoms with Crippen molar-refractivity contribution in [2.75, 3.05) is 11.9 Å². The molecule has 0 bridgehead atoms. The lowest BCUT2D eigenvalue weighted by Crippen LogP contribution is -2.13. The maximum Gasteiger partial charge on any atom is 0.238 e. The van der Waals surface area contributed by atoms with Crippen LogP contribution in [0.5, 0.6) is 5.88 Å². The van der Waals surface area contributed by atoms with Crippen molar-refractivity contribution >= 4 is 54.4 Å². The van der Waals surface area contributed by atoms with Gasteiger partial charge in [0, 0.05) is 30.2 Å². The summed E-state index contributed by atoms with van der Waals surface area (Å²) >= 11 is 0. The SMILES string of the molecule is Cl.Cl.OCCC(Nc1nc(O)c(C=C2C=Nc3ncccc32)[nH]1)c1ccccc1. The Labute approximate surface area is 180 Å². The highest BCUT2D eigenvalue weighted by atomic mass is 35.5. The highest BCUT2D eigenvalue weighted by Crippen LogP contribution is 2.32. The van der Waals surface area contributed by atoms with E-state index in [2.05, 4.69) is 25.3 Å². The van der Waals surface area contributed by atoms with Crippen molar-refractivity contribution in [1.29, 1.82) is 0 Å². The molecule has 0 saturated heterocycles. The standard InChI is InChI=1S/C20H19N5O2.2ClH/c26-10-8-16(13-5-2-1-3-6-13)23-20-24-17(19(27)25-20)11-14-12-22-18-15(14)7-4-9-21-18;;/h1-7,9,11-12,16,26-27H,8,10H2,(H2,23,24,25);2*1H. The molecular formula is C20H21Cl2N5O2. The highest BCUT2D eigenvalue weighted by Gasteiger charge is 2.17. The molecule has 1 atom stereocenters. The summed E-state index contributed by atoms with van der Waals surface area (Å²) in [4.78, 5) is 15.7. The number of aliphatic hydroxyl groups is 1. The van der Waals surface area contributed by atoms with Crippen LogP contribution in [-0.4, -0.2) is 38.0 Å². The Hall–Kier alpha value is -2.87. The summed E-state index contributed by atoms with van der Waals surface area (Å²) < 4.78 is 0. The number of nitrogens with one attached hydrogen (secondary N) is 2. The molecule has 4 rings (SSSR count). The van der Waals surface area contributed by atoms with E-state index in [1.807, 2.05) is 42.5 Å². The predicted octanol–water partition coefficient (Wildman–Crippen LogP) is 4.15. The van der Waals surface area contributed by atoms with E-state index < -0.39 is 0 Å². The largest absolute Gasteiger partial charge is 0.492 e. The third kappa shape index (κ3) is 4.95. The number of aromatic amines is 1. The van der Waals surface area contributed by atoms with Crippen LogP contribution in [0.1, 0.15) is 29.3 Å². The zero-order valence-corrected chi connectivity index (χ0v) is 17.0. The van der Waals surface area contributed by atoms with Gasteiger partial charge in [-0.2, -0.15) is 4.98 Å². The third-order valence-corrected chi connectivity index (χ3v) is 4.37. The zero-order chi connectivity index (χ0) is 18.6. The second kappa shape index (κ2) is 10.1. The first kappa shape index (κ1) is 22.4. The number of anilines is 1. The van der Waals surface area contributed by atoms with E-state index in [4.69, 9.17) is 0 Å². The maximum absolute atomic E-state index is 10.2. The van der Waals surface area contributed by atoms with E-state index >= 15 is 0 Å². The molecule has 0 fully saturated rings. The molecule has 152 valence electrons. The first-order valence-corrected chi connectivity index (χ1v) is 8.67. The quantitative estimate of drug-likeness (QED) is 0.467. The van der Waals surface area contributed by atoms with E-state index in [9.17, 15) is 10.2 Å². The van der Waals surface area contributed by atoms with Crippen molar-refractivity contribution < 1.29 is 10.2 Å². The Morgan fingerprint density at radius 1 is 1.10 bits per heavy atom. The summed E-state index contributed by atoms with van der Waals surface area (Å²) in [7, 11) is 0. The molecule has 3 heterocycles. The summed E-state index contributed by atoms with van der Waals surface area (Å²) in [6.07, 6.45) is 5.71. The number of benzene rings is 1. The van der Waals surface area contributed by atoms with Crippen LogP contribution in [0.15, 0.2) is 53.7 Å². The lowest BCUT2D eigenvalue weighted by Gasteiger charge is -2.17. The minimum absolute atomic E-state index is 0. The average Bonchev–Trinajstić information content (AvgIpc) is 3.26. The van der Waals surface area contributed by atoms with Gasteiger partial charge in [0.1, 0.15) is 5.69 Å². The second-order valence-electron chi connectivity index (χ2n) is 6.18. The van der Waals surface area contributed by atoms with Crippen LogP contribution in [0, 0.1) is 0 Å². The van der Waals surface area contributed by atoms with E-state index in [-0.39, 0.29) is 43.3 Å². The summed E-state index contributed by atoms with van der Waals surface area (Å²) in [6, 6.07) is 13.5. The molecule has 29 heavy (non-hydrogen) atoms. The lowest BCUT2D eigenvalue weighted by atomic mass is 10.0. The van der Waals surface area contributed by atoms with Crippen LogP contribution in [0.2, 0.25) is 0 Å². The first-order valence-electron chi connectivity index (χ1n) is 8.67. The fourth-order valence-corrected chi connectivity index (χ4v) is 3.04. The van der Waals surface area contributed by atoms with Crippen LogP contribution in [-0.2, 0) is 0 Å². The van der Waals surface area contributed by atoms with Crippen LogP contribution in [0.3, 0.4) is 0 Å². The van der Waals surface area contributed by atoms with Gasteiger partial charge in [-0.25, -0.2) is 9.98 Å². The molecule has 1 unspecified atom stereocenters. The predicted molar refractivity (Wildman–Crippen MR) is 120 cm³/mol. The molecule has 9 heteroatoms. The Kier molecular flexibility index (Phi) is 7.78. The van der Waals surface area contributed by atoms with Gasteiger partial charge in [-0.05, 0) is 30.2 Å². The van der Waals surface area contributed by atoms with Gasteiger partial charge in [-0.3, -0.25) is 0 Å². The Morgan fingerprint density at radius 2 is 1.90 bits per heavy atom. The summed E-state index contributed by atoms with van der Waals surface area (Å²) in [5.74, 6) is 0.989. The number of allylic oxidation sites excluding steroid dienone is 1. The van der Waals surface area contributed by atoms with Gasteiger partial charge in [-0.1, -0.05) is 30.3 Å². The van der Waals surface area contributed by atoms with Crippen molar-refractivity contribution in [2.45, 2.75) is 12.5 Å². The maximum atomic E-state index is 10.2. The third-order valence-electron chi connectivity index (χ3n) is 4.37. The number of hydrogen-bond donors (Lipinski definition) is 4. The summed E-state index contributed by atoms with van der Waals surface area (Å²) in [6.45, 7) is 0.0381. The van der Waals surface area contributed by atoms with E-state index in [1.165, 1.54) is 0 Å². The molecule has 7 nitrogen and oxygen atoms in total. The monoisotopic (exact) mass is 433 g/mol. The van der Waals surface area contributed by atoms with Crippen LogP contribution >= 0.6 is 24.8 Å². The van der Waals surface area contributed by atoms with Gasteiger partial charge in [-0.15, -0.1) is 24.8 Å². The number of aromatic hydroxyl groups is 1. The van der Waals surface area contributed by atoms with E-state index in [1.54, 1.807) is 18.5 Å². The Bertz CT molecular complexity index is 1010. The van der Waals surface area contributed by atoms with Crippen molar-refractivity contribution in [3.8, 4) is 5.88 Å². The van der Waals surface area contributed by atoms with Gasteiger partial charge in [0.2, 0.25) is 11.8 Å². The Morgan fingerprint density at radius 3 is 2.66 bits per heavy atom. The minimum Gasteiger partial charge on any atom is -0.492 e. The number of aliphatic imine (C=N–C) groups is 1. The normalized spacial score (nSPS) is 14.0. The van der Waals surface area contributed by atoms with Crippen LogP contribution in [0.25, 0.3) is 11.6 Å². The van der Waals surface area contributed by atoms with E-state index in [0.29, 0.717) is 23.9 Å². The number of pyridine rings is 1. The number of H-pyrrole nitrogens is 1. The highest BCUT2D eigenvalue weighted by molar-refractivity contribution is 6.20. The molecule has 0 aliphatic carbocycles. The van der Waals surface area contributed by atoms with Crippen LogP contribution in [0.4, 0.5) is 11.8 Å². The Balaban J connectivity index is 0.00000150. The summed E-state index contributed by atoms with van der Waals surface area (Å²) in [5, 5.41) is 22.8. The summed E-state index contributed by atoms with van der Waals surface area (Å²) in [5.41, 5.74) is 3.26. The van der Waals surface area contributed by atoms with Gasteiger partial charge < -0.3 is 20.5 Å². The van der Waals surface area contributed by atoms with Crippen molar-refractivity contribution in [1.82, 2.24) is 15.0 Å². The van der Waals surface area contributed by atoms with Crippen molar-refractivity contribution in [3.63, 3.8) is 0 Å². The van der Waals surface area contributed by atoms with Crippen molar-refractivity contribution in [2.24, 2.45) is 4.99 Å². The smallest absolute Gasteiger partial charge is 0.238 e. The number of aromatic nitrogens is 3. The fraction of sp³-hybridized carbons (Fsp3) is 0.150. The molecule has 4 N–H and O–H groups in total. The molecule has 1 aromatic carbocycles. The molecule has 3 aromatic rings. The number of hydrogen-bond acceptors (Lipinski definition) is 6. The topological polar surface area (TPSA) is 106 Å². The first-order chi connectivity index (χ1) is 13.2. The number of rotatable bonds is 6. The lowest BCUT2D eigenvalue weighted by molar-refractivity contribution is 0.280. The zero-order valence-electron chi connectivity index (χ0n) is 15.3. The van der Waals surface area contributed by atoms with Gasteiger partial charge in [0.25, 0.3) is 0 Å². The molecule has 0 spiro atoms. The second-order valence-corrected chi connectivity index (χ2v) is 6.18. The molecule has 2 aromatic heterocycles. The van der Waals surface area contributed by atoms with Gasteiger partial charge in [0.05, 0.1) is 6.04 Å². The van der Waals surface area contributed by atoms with Crippen molar-refractivity contribution in [3.05, 3.63) is 65.5 Å². The average molecular weight is 434 g/mol. The molecule has 0 saturated carbocycles. The minimum atomic E-state index is -0.125. The van der Waals surface area contributed by atoms with Crippen LogP contribution < -0.4 is 5.32 Å². The number of fused-ring (bicyclic) bond motifs is 1. The van der Waals surface area contributed by atoms with Gasteiger partial charge in [0.15, 0.2) is 5.82 Å². The molecule has 1 aliphatic heterocycles. The molecule has 0 radical (unpaired) electrons. The number of aliphatic hydroxyl groups excluding tert-OH is 1.